The lowest BCUT2D eigenvalue weighted by atomic mass is 9.96. The van der Waals surface area contributed by atoms with E-state index in [0.29, 0.717) is 41.8 Å². The maximum absolute atomic E-state index is 13.0. The normalized spacial score (nSPS) is 16.8. The van der Waals surface area contributed by atoms with Crippen LogP contribution in [0.2, 0.25) is 0 Å². The summed E-state index contributed by atoms with van der Waals surface area (Å²) >= 11 is 0. The number of cyclic esters (lactones) is 1. The fourth-order valence-corrected chi connectivity index (χ4v) is 4.77. The fraction of sp³-hybridized carbons (Fsp3) is 0.519. The van der Waals surface area contributed by atoms with Crippen LogP contribution < -0.4 is 14.2 Å². The summed E-state index contributed by atoms with van der Waals surface area (Å²) in [7, 11) is 1.49. The van der Waals surface area contributed by atoms with Gasteiger partial charge in [0.05, 0.1) is 19.8 Å². The molecule has 4 rings (SSSR count). The third kappa shape index (κ3) is 5.11. The van der Waals surface area contributed by atoms with Crippen LogP contribution >= 0.6 is 0 Å². The molecular weight excluding hydrogens is 420 g/mol. The fourth-order valence-electron chi connectivity index (χ4n) is 4.77. The molecule has 178 valence electrons. The van der Waals surface area contributed by atoms with Crippen molar-refractivity contribution in [2.45, 2.75) is 65.6 Å². The smallest absolute Gasteiger partial charge is 0.346 e. The van der Waals surface area contributed by atoms with Gasteiger partial charge in [0.25, 0.3) is 0 Å². The number of hydrogen-bond donors (Lipinski definition) is 1. The van der Waals surface area contributed by atoms with Crippen molar-refractivity contribution < 1.29 is 28.8 Å². The number of methoxy groups -OCH3 is 1. The van der Waals surface area contributed by atoms with Crippen LogP contribution in [0, 0.1) is 18.8 Å². The van der Waals surface area contributed by atoms with E-state index in [4.69, 9.17) is 18.9 Å². The molecule has 1 N–H and O–H groups in total. The lowest BCUT2D eigenvalue weighted by Crippen LogP contribution is -2.16. The lowest BCUT2D eigenvalue weighted by Gasteiger charge is -2.25. The van der Waals surface area contributed by atoms with Crippen molar-refractivity contribution in [3.05, 3.63) is 46.5 Å². The van der Waals surface area contributed by atoms with Crippen LogP contribution in [-0.4, -0.2) is 24.8 Å². The zero-order valence-electron chi connectivity index (χ0n) is 20.0. The molecule has 2 aliphatic rings. The highest BCUT2D eigenvalue weighted by Gasteiger charge is 2.30. The van der Waals surface area contributed by atoms with E-state index < -0.39 is 12.1 Å². The molecule has 6 nitrogen and oxygen atoms in total. The molecule has 1 atom stereocenters. The average Bonchev–Trinajstić information content (AvgIpc) is 3.29. The van der Waals surface area contributed by atoms with Crippen molar-refractivity contribution >= 4 is 5.97 Å². The third-order valence-corrected chi connectivity index (χ3v) is 6.41. The van der Waals surface area contributed by atoms with Crippen molar-refractivity contribution in [1.82, 2.24) is 0 Å². The zero-order valence-corrected chi connectivity index (χ0v) is 20.0. The summed E-state index contributed by atoms with van der Waals surface area (Å²) in [5.41, 5.74) is 2.51. The Hall–Kier alpha value is -2.73. The van der Waals surface area contributed by atoms with E-state index in [9.17, 15) is 9.90 Å². The summed E-state index contributed by atoms with van der Waals surface area (Å²) in [4.78, 5) is 13.0. The van der Waals surface area contributed by atoms with Crippen molar-refractivity contribution in [1.29, 1.82) is 0 Å². The average molecular weight is 455 g/mol. The first-order valence-electron chi connectivity index (χ1n) is 11.9. The van der Waals surface area contributed by atoms with E-state index >= 15 is 0 Å². The summed E-state index contributed by atoms with van der Waals surface area (Å²) < 4.78 is 23.8. The monoisotopic (exact) mass is 454 g/mol. The highest BCUT2D eigenvalue weighted by molar-refractivity contribution is 5.96. The van der Waals surface area contributed by atoms with Crippen LogP contribution in [0.4, 0.5) is 0 Å². The Kier molecular flexibility index (Phi) is 7.13. The first-order valence-corrected chi connectivity index (χ1v) is 11.9. The molecule has 1 fully saturated rings. The summed E-state index contributed by atoms with van der Waals surface area (Å²) in [5.74, 6) is 2.13. The second kappa shape index (κ2) is 10.0. The van der Waals surface area contributed by atoms with E-state index in [1.165, 1.54) is 32.8 Å². The second-order valence-electron chi connectivity index (χ2n) is 9.60. The molecule has 1 aliphatic heterocycles. The number of rotatable bonds is 7. The number of hydrogen-bond acceptors (Lipinski definition) is 6. The lowest BCUT2D eigenvalue weighted by molar-refractivity contribution is 0.0453. The molecule has 1 heterocycles. The Morgan fingerprint density at radius 3 is 2.64 bits per heavy atom. The van der Waals surface area contributed by atoms with Crippen molar-refractivity contribution in [3.8, 4) is 23.0 Å². The van der Waals surface area contributed by atoms with Gasteiger partial charge in [-0.2, -0.15) is 0 Å². The van der Waals surface area contributed by atoms with Gasteiger partial charge in [-0.15, -0.1) is 0 Å². The number of aryl methyl sites for hydroxylation is 1. The minimum Gasteiger partial charge on any atom is -0.495 e. The number of benzene rings is 2. The molecule has 0 aromatic heterocycles. The van der Waals surface area contributed by atoms with Crippen LogP contribution in [0.25, 0.3) is 0 Å². The quantitative estimate of drug-likeness (QED) is 0.509. The maximum atomic E-state index is 13.0. The predicted molar refractivity (Wildman–Crippen MR) is 125 cm³/mol. The van der Waals surface area contributed by atoms with Crippen LogP contribution in [0.1, 0.15) is 79.1 Å². The van der Waals surface area contributed by atoms with Crippen molar-refractivity contribution in [2.75, 3.05) is 13.7 Å². The molecule has 33 heavy (non-hydrogen) atoms. The largest absolute Gasteiger partial charge is 0.495 e. The molecule has 0 amide bonds. The Balaban J connectivity index is 1.72. The van der Waals surface area contributed by atoms with Crippen molar-refractivity contribution in [3.63, 3.8) is 0 Å². The van der Waals surface area contributed by atoms with Gasteiger partial charge in [-0.25, -0.2) is 4.79 Å². The van der Waals surface area contributed by atoms with Gasteiger partial charge in [0, 0.05) is 11.1 Å². The highest BCUT2D eigenvalue weighted by atomic mass is 16.6. The standard InChI is InChI=1S/C27H34O6/c1-16(2)11-21(28)20-9-10-22-24(26(20)30-4)27(29)32-15-19-12-17(3)13-23(25(19)33-22)31-14-18-7-5-6-8-18/h9-10,12-13,16,18,21,28H,5-8,11,14-15H2,1-4H3/t21-/m0/s1. The van der Waals surface area contributed by atoms with Crippen molar-refractivity contribution in [2.24, 2.45) is 11.8 Å². The van der Waals surface area contributed by atoms with Gasteiger partial charge in [-0.1, -0.05) is 26.7 Å². The molecule has 0 unspecified atom stereocenters. The van der Waals surface area contributed by atoms with Gasteiger partial charge in [-0.05, 0) is 67.9 Å². The summed E-state index contributed by atoms with van der Waals surface area (Å²) in [6.45, 7) is 6.77. The number of carbonyl (C=O) groups excluding carboxylic acids is 1. The van der Waals surface area contributed by atoms with E-state index in [0.717, 1.165) is 11.1 Å². The number of ether oxygens (including phenoxy) is 4. The van der Waals surface area contributed by atoms with Gasteiger partial charge in [0.2, 0.25) is 0 Å². The van der Waals surface area contributed by atoms with E-state index in [-0.39, 0.29) is 23.8 Å². The van der Waals surface area contributed by atoms with E-state index in [1.807, 2.05) is 32.9 Å². The van der Waals surface area contributed by atoms with Gasteiger partial charge in [0.15, 0.2) is 11.5 Å². The van der Waals surface area contributed by atoms with Crippen LogP contribution in [0.15, 0.2) is 24.3 Å². The minimum atomic E-state index is -0.760. The molecule has 0 radical (unpaired) electrons. The Bertz CT molecular complexity index is 1010. The predicted octanol–water partition coefficient (Wildman–Crippen LogP) is 6.11. The molecule has 0 bridgehead atoms. The SMILES string of the molecule is COc1c([C@@H](O)CC(C)C)ccc2c1C(=O)OCc1cc(C)cc(OCC3CCCC3)c1O2. The van der Waals surface area contributed by atoms with E-state index in [1.54, 1.807) is 12.1 Å². The number of fused-ring (bicyclic) bond motifs is 2. The molecule has 0 spiro atoms. The highest BCUT2D eigenvalue weighted by Crippen LogP contribution is 2.44. The first-order chi connectivity index (χ1) is 15.9. The van der Waals surface area contributed by atoms with E-state index in [2.05, 4.69) is 0 Å². The molecule has 1 saturated carbocycles. The number of aliphatic hydroxyl groups is 1. The van der Waals surface area contributed by atoms with Crippen LogP contribution in [0.5, 0.6) is 23.0 Å². The van der Waals surface area contributed by atoms with Gasteiger partial charge in [-0.3, -0.25) is 0 Å². The molecule has 2 aromatic rings. The maximum Gasteiger partial charge on any atom is 0.346 e. The number of carbonyl (C=O) groups is 1. The summed E-state index contributed by atoms with van der Waals surface area (Å²) in [6, 6.07) is 7.38. The molecular formula is C27H34O6. The summed E-state index contributed by atoms with van der Waals surface area (Å²) in [6.07, 6.45) is 4.67. The topological polar surface area (TPSA) is 74.2 Å². The Labute approximate surface area is 195 Å². The van der Waals surface area contributed by atoms with Gasteiger partial charge in [0.1, 0.15) is 23.7 Å². The van der Waals surface area contributed by atoms with Crippen LogP contribution in [0.3, 0.4) is 0 Å². The van der Waals surface area contributed by atoms with Gasteiger partial charge >= 0.3 is 5.97 Å². The first kappa shape index (κ1) is 23.4. The summed E-state index contributed by atoms with van der Waals surface area (Å²) in [5, 5.41) is 10.7. The number of esters is 1. The second-order valence-corrected chi connectivity index (χ2v) is 9.60. The zero-order chi connectivity index (χ0) is 23.5. The minimum absolute atomic E-state index is 0.0665. The Morgan fingerprint density at radius 1 is 1.18 bits per heavy atom. The van der Waals surface area contributed by atoms with Gasteiger partial charge < -0.3 is 24.1 Å². The molecule has 6 heteroatoms. The third-order valence-electron chi connectivity index (χ3n) is 6.41. The Morgan fingerprint density at radius 2 is 1.94 bits per heavy atom. The van der Waals surface area contributed by atoms with Crippen LogP contribution in [-0.2, 0) is 11.3 Å². The molecule has 2 aromatic carbocycles. The molecule has 1 aliphatic carbocycles. The molecule has 0 saturated heterocycles. The number of aliphatic hydroxyl groups excluding tert-OH is 1.